The van der Waals surface area contributed by atoms with E-state index in [-0.39, 0.29) is 6.04 Å². The zero-order valence-electron chi connectivity index (χ0n) is 18.3. The first-order chi connectivity index (χ1) is 15.5. The number of aromatic nitrogens is 2. The summed E-state index contributed by atoms with van der Waals surface area (Å²) in [5.74, 6) is 0.930. The summed E-state index contributed by atoms with van der Waals surface area (Å²) in [6.45, 7) is 5.32. The lowest BCUT2D eigenvalue weighted by molar-refractivity contribution is 0.183. The van der Waals surface area contributed by atoms with Crippen LogP contribution in [0.15, 0.2) is 58.8 Å². The Labute approximate surface area is 198 Å². The Bertz CT molecular complexity index is 1140. The Morgan fingerprint density at radius 3 is 2.69 bits per heavy atom. The zero-order valence-corrected chi connectivity index (χ0v) is 19.8. The summed E-state index contributed by atoms with van der Waals surface area (Å²) >= 11 is 11.8. The van der Waals surface area contributed by atoms with Gasteiger partial charge in [-0.3, -0.25) is 0 Å². The molecule has 0 radical (unpaired) electrons. The maximum Gasteiger partial charge on any atom is 0.258 e. The summed E-state index contributed by atoms with van der Waals surface area (Å²) in [6, 6.07) is 15.7. The van der Waals surface area contributed by atoms with Crippen molar-refractivity contribution in [1.29, 1.82) is 0 Å². The summed E-state index contributed by atoms with van der Waals surface area (Å²) in [6.07, 6.45) is 0.982. The van der Waals surface area contributed by atoms with E-state index in [1.807, 2.05) is 36.1 Å². The van der Waals surface area contributed by atoms with Crippen LogP contribution in [0.1, 0.15) is 36.9 Å². The summed E-state index contributed by atoms with van der Waals surface area (Å²) in [4.78, 5) is 6.72. The van der Waals surface area contributed by atoms with Crippen molar-refractivity contribution in [2.75, 3.05) is 20.3 Å². The lowest BCUT2D eigenvalue weighted by atomic mass is 9.94. The van der Waals surface area contributed by atoms with Gasteiger partial charge in [0.15, 0.2) is 5.11 Å². The van der Waals surface area contributed by atoms with Crippen molar-refractivity contribution in [3.05, 3.63) is 76.3 Å². The number of hydrogen-bond acceptors (Lipinski definition) is 5. The van der Waals surface area contributed by atoms with Crippen LogP contribution in [0.4, 0.5) is 0 Å². The van der Waals surface area contributed by atoms with Crippen molar-refractivity contribution < 1.29 is 9.26 Å². The van der Waals surface area contributed by atoms with Crippen LogP contribution >= 0.6 is 23.8 Å². The van der Waals surface area contributed by atoms with Gasteiger partial charge in [-0.2, -0.15) is 4.98 Å². The van der Waals surface area contributed by atoms with Crippen LogP contribution < -0.4 is 5.32 Å². The van der Waals surface area contributed by atoms with E-state index in [0.717, 1.165) is 28.8 Å². The van der Waals surface area contributed by atoms with E-state index in [2.05, 4.69) is 41.7 Å². The highest BCUT2D eigenvalue weighted by Crippen LogP contribution is 2.37. The predicted molar refractivity (Wildman–Crippen MR) is 130 cm³/mol. The normalized spacial score (nSPS) is 16.4. The summed E-state index contributed by atoms with van der Waals surface area (Å²) < 4.78 is 11.0. The van der Waals surface area contributed by atoms with Crippen LogP contribution in [-0.2, 0) is 11.2 Å². The summed E-state index contributed by atoms with van der Waals surface area (Å²) in [5.41, 5.74) is 4.99. The third-order valence-corrected chi connectivity index (χ3v) is 6.15. The van der Waals surface area contributed by atoms with Gasteiger partial charge in [-0.1, -0.05) is 60.1 Å². The molecule has 2 heterocycles. The van der Waals surface area contributed by atoms with E-state index in [4.69, 9.17) is 38.1 Å². The van der Waals surface area contributed by atoms with E-state index in [0.29, 0.717) is 35.0 Å². The highest BCUT2D eigenvalue weighted by Gasteiger charge is 2.34. The molecule has 0 saturated carbocycles. The molecule has 4 rings (SSSR count). The fraction of sp³-hybridized carbons (Fsp3) is 0.292. The molecule has 0 fully saturated rings. The lowest BCUT2D eigenvalue weighted by Gasteiger charge is -2.37. The van der Waals surface area contributed by atoms with Gasteiger partial charge >= 0.3 is 0 Å². The monoisotopic (exact) mass is 468 g/mol. The van der Waals surface area contributed by atoms with Crippen LogP contribution in [-0.4, -0.2) is 40.4 Å². The Balaban J connectivity index is 1.79. The molecule has 1 aliphatic rings. The second kappa shape index (κ2) is 9.81. The largest absolute Gasteiger partial charge is 0.383 e. The third-order valence-electron chi connectivity index (χ3n) is 5.58. The first kappa shape index (κ1) is 22.5. The van der Waals surface area contributed by atoms with Gasteiger partial charge < -0.3 is 19.5 Å². The molecule has 0 saturated heterocycles. The molecule has 32 heavy (non-hydrogen) atoms. The van der Waals surface area contributed by atoms with Crippen molar-refractivity contribution in [2.24, 2.45) is 0 Å². The molecule has 0 amide bonds. The van der Waals surface area contributed by atoms with Gasteiger partial charge in [-0.05, 0) is 48.8 Å². The number of allylic oxidation sites excluding steroid dienone is 1. The average molecular weight is 469 g/mol. The number of thiocarbonyl (C=S) groups is 1. The maximum absolute atomic E-state index is 6.15. The number of nitrogens with one attached hydrogen (secondary N) is 1. The fourth-order valence-electron chi connectivity index (χ4n) is 3.78. The molecule has 2 aromatic carbocycles. The molecule has 8 heteroatoms. The first-order valence-corrected chi connectivity index (χ1v) is 11.3. The van der Waals surface area contributed by atoms with Gasteiger partial charge in [0.05, 0.1) is 18.2 Å². The van der Waals surface area contributed by atoms with Crippen LogP contribution in [0.5, 0.6) is 0 Å². The molecule has 6 nitrogen and oxygen atoms in total. The molecule has 1 atom stereocenters. The number of ether oxygens (including phenoxy) is 1. The third kappa shape index (κ3) is 4.55. The van der Waals surface area contributed by atoms with E-state index in [9.17, 15) is 0 Å². The quantitative estimate of drug-likeness (QED) is 0.474. The number of halogens is 1. The van der Waals surface area contributed by atoms with Crippen molar-refractivity contribution >= 4 is 34.5 Å². The Morgan fingerprint density at radius 2 is 2.00 bits per heavy atom. The second-order valence-corrected chi connectivity index (χ2v) is 8.38. The zero-order chi connectivity index (χ0) is 22.7. The van der Waals surface area contributed by atoms with Gasteiger partial charge in [0.1, 0.15) is 0 Å². The van der Waals surface area contributed by atoms with Gasteiger partial charge in [0.2, 0.25) is 5.82 Å². The standard InChI is InChI=1S/C24H25ClN4O2S/c1-4-16-8-10-17(11-9-16)21-20(15(2)29(12-13-30-3)24(32)26-21)23-27-22(28-31-23)18-6-5-7-19(25)14-18/h5-11,14,21H,4,12-13H2,1-3H3,(H,26,32). The molecule has 3 aromatic rings. The highest BCUT2D eigenvalue weighted by atomic mass is 35.5. The number of aryl methyl sites for hydroxylation is 1. The number of hydrogen-bond donors (Lipinski definition) is 1. The van der Waals surface area contributed by atoms with Crippen LogP contribution in [0.2, 0.25) is 5.02 Å². The molecule has 166 valence electrons. The predicted octanol–water partition coefficient (Wildman–Crippen LogP) is 5.26. The van der Waals surface area contributed by atoms with Crippen LogP contribution in [0, 0.1) is 0 Å². The molecule has 1 aromatic heterocycles. The Kier molecular flexibility index (Phi) is 6.89. The van der Waals surface area contributed by atoms with E-state index >= 15 is 0 Å². The number of nitrogens with zero attached hydrogens (tertiary/aromatic N) is 3. The minimum absolute atomic E-state index is 0.208. The lowest BCUT2D eigenvalue weighted by Crippen LogP contribution is -2.47. The first-order valence-electron chi connectivity index (χ1n) is 10.5. The smallest absolute Gasteiger partial charge is 0.258 e. The Morgan fingerprint density at radius 1 is 1.22 bits per heavy atom. The molecule has 1 aliphatic heterocycles. The molecular weight excluding hydrogens is 444 g/mol. The van der Waals surface area contributed by atoms with E-state index < -0.39 is 0 Å². The molecule has 0 spiro atoms. The molecule has 1 unspecified atom stereocenters. The van der Waals surface area contributed by atoms with Crippen molar-refractivity contribution in [3.8, 4) is 11.4 Å². The van der Waals surface area contributed by atoms with E-state index in [1.165, 1.54) is 5.56 Å². The molecular formula is C24H25ClN4O2S. The van der Waals surface area contributed by atoms with Crippen molar-refractivity contribution in [2.45, 2.75) is 26.3 Å². The number of rotatable bonds is 7. The number of benzene rings is 2. The van der Waals surface area contributed by atoms with Gasteiger partial charge in [-0.15, -0.1) is 0 Å². The Hall–Kier alpha value is -2.74. The molecule has 0 aliphatic carbocycles. The summed E-state index contributed by atoms with van der Waals surface area (Å²) in [7, 11) is 1.67. The fourth-order valence-corrected chi connectivity index (χ4v) is 4.32. The SMILES string of the molecule is CCc1ccc(C2NC(=S)N(CCOC)C(C)=C2c2nc(-c3cccc(Cl)c3)no2)cc1. The van der Waals surface area contributed by atoms with E-state index in [1.54, 1.807) is 7.11 Å². The van der Waals surface area contributed by atoms with Gasteiger partial charge in [0, 0.05) is 29.9 Å². The van der Waals surface area contributed by atoms with Gasteiger partial charge in [-0.25, -0.2) is 0 Å². The maximum atomic E-state index is 6.15. The highest BCUT2D eigenvalue weighted by molar-refractivity contribution is 7.80. The average Bonchev–Trinajstić information content (AvgIpc) is 3.28. The van der Waals surface area contributed by atoms with Crippen LogP contribution in [0.3, 0.4) is 0 Å². The topological polar surface area (TPSA) is 63.4 Å². The second-order valence-electron chi connectivity index (χ2n) is 7.55. The van der Waals surface area contributed by atoms with Crippen molar-refractivity contribution in [1.82, 2.24) is 20.4 Å². The minimum Gasteiger partial charge on any atom is -0.383 e. The van der Waals surface area contributed by atoms with Crippen molar-refractivity contribution in [3.63, 3.8) is 0 Å². The van der Waals surface area contributed by atoms with Crippen LogP contribution in [0.25, 0.3) is 17.0 Å². The minimum atomic E-state index is -0.208. The molecule has 1 N–H and O–H groups in total. The molecule has 0 bridgehead atoms. The van der Waals surface area contributed by atoms with Gasteiger partial charge in [0.25, 0.3) is 5.89 Å². The summed E-state index contributed by atoms with van der Waals surface area (Å²) in [5, 5.41) is 8.94. The number of methoxy groups -OCH3 is 1.